The molecule has 0 unspecified atom stereocenters. The van der Waals surface area contributed by atoms with Gasteiger partial charge in [0.25, 0.3) is 0 Å². The van der Waals surface area contributed by atoms with Crippen LogP contribution in [0, 0.1) is 0 Å². The molecule has 0 saturated heterocycles. The zero-order valence-corrected chi connectivity index (χ0v) is 9.71. The van der Waals surface area contributed by atoms with Gasteiger partial charge < -0.3 is 8.82 Å². The van der Waals surface area contributed by atoms with Crippen molar-refractivity contribution >= 4 is 16.5 Å². The first kappa shape index (κ1) is 9.54. The van der Waals surface area contributed by atoms with E-state index >= 15 is 0 Å². The van der Waals surface area contributed by atoms with Crippen molar-refractivity contribution < 1.29 is 4.42 Å². The van der Waals surface area contributed by atoms with Gasteiger partial charge >= 0.3 is 0 Å². The number of rotatable bonds is 1. The standard InChI is InChI=1S/C16H11NO/c1-2-7-16-14(6-1)15(11-18-16)12-9-13-5-3-4-8-17(13)10-12/h1-11H. The minimum absolute atomic E-state index is 0.933. The second kappa shape index (κ2) is 3.50. The Kier molecular flexibility index (Phi) is 1.86. The van der Waals surface area contributed by atoms with E-state index < -0.39 is 0 Å². The lowest BCUT2D eigenvalue weighted by molar-refractivity contribution is 0.617. The maximum absolute atomic E-state index is 5.59. The number of aromatic nitrogens is 1. The fourth-order valence-corrected chi connectivity index (χ4v) is 2.40. The third-order valence-corrected chi connectivity index (χ3v) is 3.30. The van der Waals surface area contributed by atoms with Crippen molar-refractivity contribution in [2.24, 2.45) is 0 Å². The Morgan fingerprint density at radius 1 is 0.944 bits per heavy atom. The summed E-state index contributed by atoms with van der Waals surface area (Å²) in [6, 6.07) is 16.5. The predicted molar refractivity (Wildman–Crippen MR) is 72.6 cm³/mol. The minimum Gasteiger partial charge on any atom is -0.464 e. The quantitative estimate of drug-likeness (QED) is 0.477. The monoisotopic (exact) mass is 233 g/mol. The maximum Gasteiger partial charge on any atom is 0.134 e. The molecule has 0 N–H and O–H groups in total. The number of benzene rings is 1. The van der Waals surface area contributed by atoms with Crippen LogP contribution in [-0.2, 0) is 0 Å². The van der Waals surface area contributed by atoms with Crippen LogP contribution < -0.4 is 0 Å². The van der Waals surface area contributed by atoms with E-state index in [1.54, 1.807) is 0 Å². The van der Waals surface area contributed by atoms with Crippen molar-refractivity contribution in [3.8, 4) is 11.1 Å². The normalized spacial score (nSPS) is 11.3. The number of pyridine rings is 1. The van der Waals surface area contributed by atoms with Crippen molar-refractivity contribution in [2.45, 2.75) is 0 Å². The van der Waals surface area contributed by atoms with Gasteiger partial charge in [-0.3, -0.25) is 0 Å². The SMILES string of the molecule is c1ccc2c(-c3cc4ccccn4c3)coc2c1. The maximum atomic E-state index is 5.59. The number of para-hydroxylation sites is 1. The first-order valence-corrected chi connectivity index (χ1v) is 5.95. The molecule has 2 nitrogen and oxygen atoms in total. The highest BCUT2D eigenvalue weighted by Crippen LogP contribution is 2.31. The molecule has 0 fully saturated rings. The van der Waals surface area contributed by atoms with Gasteiger partial charge in [0, 0.05) is 34.4 Å². The third-order valence-electron chi connectivity index (χ3n) is 3.30. The summed E-state index contributed by atoms with van der Waals surface area (Å²) in [5, 5.41) is 1.16. The first-order chi connectivity index (χ1) is 8.92. The topological polar surface area (TPSA) is 17.6 Å². The average molecular weight is 233 g/mol. The summed E-state index contributed by atoms with van der Waals surface area (Å²) in [5.41, 5.74) is 4.46. The van der Waals surface area contributed by atoms with Crippen LogP contribution in [0.2, 0.25) is 0 Å². The Hall–Kier alpha value is -2.48. The van der Waals surface area contributed by atoms with Gasteiger partial charge in [-0.15, -0.1) is 0 Å². The molecule has 0 saturated carbocycles. The fraction of sp³-hybridized carbons (Fsp3) is 0. The number of nitrogens with zero attached hydrogens (tertiary/aromatic N) is 1. The van der Waals surface area contributed by atoms with Crippen molar-refractivity contribution in [3.05, 3.63) is 67.2 Å². The Balaban J connectivity index is 2.01. The van der Waals surface area contributed by atoms with Gasteiger partial charge in [0.15, 0.2) is 0 Å². The summed E-state index contributed by atoms with van der Waals surface area (Å²) in [4.78, 5) is 0. The molecule has 0 bridgehead atoms. The van der Waals surface area contributed by atoms with Gasteiger partial charge in [0.1, 0.15) is 5.58 Å². The molecule has 0 aliphatic carbocycles. The highest BCUT2D eigenvalue weighted by molar-refractivity contribution is 5.94. The van der Waals surface area contributed by atoms with E-state index in [2.05, 4.69) is 35.0 Å². The van der Waals surface area contributed by atoms with Crippen LogP contribution in [-0.4, -0.2) is 4.40 Å². The van der Waals surface area contributed by atoms with Crippen molar-refractivity contribution in [2.75, 3.05) is 0 Å². The van der Waals surface area contributed by atoms with Gasteiger partial charge in [-0.2, -0.15) is 0 Å². The summed E-state index contributed by atoms with van der Waals surface area (Å²) in [6.07, 6.45) is 6.02. The Morgan fingerprint density at radius 2 is 1.83 bits per heavy atom. The zero-order chi connectivity index (χ0) is 11.9. The molecule has 0 aliphatic heterocycles. The highest BCUT2D eigenvalue weighted by atomic mass is 16.3. The van der Waals surface area contributed by atoms with E-state index in [1.165, 1.54) is 11.1 Å². The molecule has 18 heavy (non-hydrogen) atoms. The molecule has 0 radical (unpaired) electrons. The fourth-order valence-electron chi connectivity index (χ4n) is 2.40. The smallest absolute Gasteiger partial charge is 0.134 e. The van der Waals surface area contributed by atoms with E-state index in [0.717, 1.165) is 16.5 Å². The van der Waals surface area contributed by atoms with E-state index in [-0.39, 0.29) is 0 Å². The molecule has 0 spiro atoms. The van der Waals surface area contributed by atoms with Crippen LogP contribution in [0.1, 0.15) is 0 Å². The Bertz CT molecular complexity index is 805. The van der Waals surface area contributed by atoms with Gasteiger partial charge in [-0.25, -0.2) is 0 Å². The lowest BCUT2D eigenvalue weighted by Gasteiger charge is -1.92. The van der Waals surface area contributed by atoms with Crippen LogP contribution >= 0.6 is 0 Å². The highest BCUT2D eigenvalue weighted by Gasteiger charge is 2.09. The van der Waals surface area contributed by atoms with Gasteiger partial charge in [-0.05, 0) is 24.3 Å². The average Bonchev–Trinajstić information content (AvgIpc) is 3.02. The molecule has 3 heterocycles. The molecular weight excluding hydrogens is 222 g/mol. The molecule has 4 aromatic rings. The molecule has 0 atom stereocenters. The summed E-state index contributed by atoms with van der Waals surface area (Å²) in [7, 11) is 0. The lowest BCUT2D eigenvalue weighted by Crippen LogP contribution is -1.76. The van der Waals surface area contributed by atoms with Crippen LogP contribution in [0.15, 0.2) is 71.6 Å². The van der Waals surface area contributed by atoms with Crippen LogP contribution in [0.3, 0.4) is 0 Å². The summed E-state index contributed by atoms with van der Waals surface area (Å²) >= 11 is 0. The van der Waals surface area contributed by atoms with E-state index in [4.69, 9.17) is 4.42 Å². The second-order valence-electron chi connectivity index (χ2n) is 4.41. The molecule has 0 amide bonds. The molecule has 4 rings (SSSR count). The van der Waals surface area contributed by atoms with Crippen molar-refractivity contribution in [3.63, 3.8) is 0 Å². The minimum atomic E-state index is 0.933. The van der Waals surface area contributed by atoms with Crippen LogP contribution in [0.25, 0.3) is 27.6 Å². The van der Waals surface area contributed by atoms with E-state index in [1.807, 2.05) is 36.6 Å². The van der Waals surface area contributed by atoms with E-state index in [9.17, 15) is 0 Å². The predicted octanol–water partition coefficient (Wildman–Crippen LogP) is 4.35. The van der Waals surface area contributed by atoms with Gasteiger partial charge in [-0.1, -0.05) is 24.3 Å². The summed E-state index contributed by atoms with van der Waals surface area (Å²) < 4.78 is 7.71. The van der Waals surface area contributed by atoms with Gasteiger partial charge in [0.05, 0.1) is 6.26 Å². The van der Waals surface area contributed by atoms with Crippen molar-refractivity contribution in [1.29, 1.82) is 0 Å². The first-order valence-electron chi connectivity index (χ1n) is 5.95. The lowest BCUT2D eigenvalue weighted by atomic mass is 10.1. The molecule has 1 aromatic carbocycles. The zero-order valence-electron chi connectivity index (χ0n) is 9.71. The van der Waals surface area contributed by atoms with E-state index in [0.29, 0.717) is 0 Å². The Labute approximate surface area is 104 Å². The largest absolute Gasteiger partial charge is 0.464 e. The number of fused-ring (bicyclic) bond motifs is 2. The molecule has 0 aliphatic rings. The number of hydrogen-bond acceptors (Lipinski definition) is 1. The summed E-state index contributed by atoms with van der Waals surface area (Å²) in [6.45, 7) is 0. The molecule has 2 heteroatoms. The third kappa shape index (κ3) is 1.29. The number of hydrogen-bond donors (Lipinski definition) is 0. The number of furan rings is 1. The molecule has 86 valence electrons. The molecule has 3 aromatic heterocycles. The summed E-state index contributed by atoms with van der Waals surface area (Å²) in [5.74, 6) is 0. The van der Waals surface area contributed by atoms with Crippen LogP contribution in [0.5, 0.6) is 0 Å². The Morgan fingerprint density at radius 3 is 2.78 bits per heavy atom. The van der Waals surface area contributed by atoms with Crippen LogP contribution in [0.4, 0.5) is 0 Å². The van der Waals surface area contributed by atoms with Gasteiger partial charge in [0.2, 0.25) is 0 Å². The second-order valence-corrected chi connectivity index (χ2v) is 4.41. The molecular formula is C16H11NO. The van der Waals surface area contributed by atoms with Crippen molar-refractivity contribution in [1.82, 2.24) is 4.40 Å².